The van der Waals surface area contributed by atoms with Gasteiger partial charge in [-0.2, -0.15) is 0 Å². The number of carbonyl (C=O) groups is 1. The number of hydrogen-bond donors (Lipinski definition) is 2. The summed E-state index contributed by atoms with van der Waals surface area (Å²) in [6, 6.07) is 27.9. The van der Waals surface area contributed by atoms with Crippen LogP contribution in [0.1, 0.15) is 16.1 Å². The fourth-order valence-corrected chi connectivity index (χ4v) is 4.31. The highest BCUT2D eigenvalue weighted by Crippen LogP contribution is 2.22. The molecule has 3 aromatic carbocycles. The van der Waals surface area contributed by atoms with Crippen molar-refractivity contribution in [1.82, 2.24) is 4.98 Å². The quantitative estimate of drug-likeness (QED) is 0.433. The molecule has 160 valence electrons. The summed E-state index contributed by atoms with van der Waals surface area (Å²) in [5, 5.41) is 2.81. The fraction of sp³-hybridized carbons (Fsp3) is 0.0400. The number of carbonyl (C=O) groups excluding carboxylic acids is 1. The van der Waals surface area contributed by atoms with Crippen molar-refractivity contribution in [1.29, 1.82) is 0 Å². The van der Waals surface area contributed by atoms with Crippen LogP contribution in [-0.2, 0) is 10.0 Å². The first-order valence-corrected chi connectivity index (χ1v) is 11.4. The minimum Gasteiger partial charge on any atom is -0.322 e. The molecule has 1 amide bonds. The van der Waals surface area contributed by atoms with Crippen LogP contribution in [0.25, 0.3) is 11.3 Å². The Hall–Kier alpha value is -3.97. The molecule has 0 saturated heterocycles. The van der Waals surface area contributed by atoms with Crippen LogP contribution in [0.15, 0.2) is 102 Å². The van der Waals surface area contributed by atoms with Crippen LogP contribution in [0.4, 0.5) is 11.4 Å². The van der Waals surface area contributed by atoms with E-state index >= 15 is 0 Å². The van der Waals surface area contributed by atoms with Crippen molar-refractivity contribution >= 4 is 27.3 Å². The molecular weight excluding hydrogens is 422 g/mol. The lowest BCUT2D eigenvalue weighted by atomic mass is 10.1. The molecule has 0 bridgehead atoms. The number of rotatable bonds is 6. The minimum absolute atomic E-state index is 0.162. The van der Waals surface area contributed by atoms with Crippen molar-refractivity contribution in [3.05, 3.63) is 108 Å². The lowest BCUT2D eigenvalue weighted by molar-refractivity contribution is 0.102. The Labute approximate surface area is 187 Å². The largest absolute Gasteiger partial charge is 0.322 e. The van der Waals surface area contributed by atoms with Gasteiger partial charge in [0, 0.05) is 11.3 Å². The van der Waals surface area contributed by atoms with E-state index in [0.29, 0.717) is 22.6 Å². The molecule has 0 radical (unpaired) electrons. The smallest absolute Gasteiger partial charge is 0.261 e. The maximum Gasteiger partial charge on any atom is 0.261 e. The Morgan fingerprint density at radius 2 is 1.44 bits per heavy atom. The van der Waals surface area contributed by atoms with Crippen molar-refractivity contribution < 1.29 is 13.2 Å². The lowest BCUT2D eigenvalue weighted by Crippen LogP contribution is -2.15. The second-order valence-electron chi connectivity index (χ2n) is 7.15. The van der Waals surface area contributed by atoms with Gasteiger partial charge >= 0.3 is 0 Å². The van der Waals surface area contributed by atoms with E-state index in [1.54, 1.807) is 55.5 Å². The molecule has 4 rings (SSSR count). The topological polar surface area (TPSA) is 88.2 Å². The van der Waals surface area contributed by atoms with Crippen LogP contribution in [0.3, 0.4) is 0 Å². The number of pyridine rings is 1. The van der Waals surface area contributed by atoms with E-state index in [4.69, 9.17) is 0 Å². The molecule has 0 saturated carbocycles. The van der Waals surface area contributed by atoms with E-state index in [0.717, 1.165) is 11.3 Å². The van der Waals surface area contributed by atoms with Gasteiger partial charge in [0.05, 0.1) is 27.5 Å². The number of amides is 1. The van der Waals surface area contributed by atoms with Gasteiger partial charge in [-0.25, -0.2) is 8.42 Å². The first kappa shape index (κ1) is 21.3. The van der Waals surface area contributed by atoms with Crippen LogP contribution in [0.5, 0.6) is 0 Å². The molecule has 32 heavy (non-hydrogen) atoms. The van der Waals surface area contributed by atoms with Gasteiger partial charge in [-0.3, -0.25) is 14.5 Å². The zero-order valence-corrected chi connectivity index (χ0v) is 18.1. The predicted molar refractivity (Wildman–Crippen MR) is 126 cm³/mol. The van der Waals surface area contributed by atoms with Gasteiger partial charge in [-0.15, -0.1) is 0 Å². The van der Waals surface area contributed by atoms with Gasteiger partial charge in [-0.1, -0.05) is 54.6 Å². The van der Waals surface area contributed by atoms with Gasteiger partial charge in [0.1, 0.15) is 0 Å². The zero-order valence-electron chi connectivity index (χ0n) is 17.3. The number of aryl methyl sites for hydroxylation is 1. The number of anilines is 2. The maximum absolute atomic E-state index is 12.8. The summed E-state index contributed by atoms with van der Waals surface area (Å²) in [4.78, 5) is 17.5. The van der Waals surface area contributed by atoms with Gasteiger partial charge in [-0.05, 0) is 49.4 Å². The van der Waals surface area contributed by atoms with Crippen LogP contribution < -0.4 is 10.0 Å². The Bertz CT molecular complexity index is 1360. The average molecular weight is 444 g/mol. The van der Waals surface area contributed by atoms with Crippen LogP contribution >= 0.6 is 0 Å². The van der Waals surface area contributed by atoms with Gasteiger partial charge in [0.25, 0.3) is 15.9 Å². The van der Waals surface area contributed by atoms with E-state index < -0.39 is 10.0 Å². The second-order valence-corrected chi connectivity index (χ2v) is 8.83. The van der Waals surface area contributed by atoms with Crippen LogP contribution in [0.2, 0.25) is 0 Å². The van der Waals surface area contributed by atoms with Crippen molar-refractivity contribution in [2.45, 2.75) is 11.8 Å². The minimum atomic E-state index is -3.72. The molecule has 1 aromatic heterocycles. The molecule has 1 heterocycles. The first-order valence-electron chi connectivity index (χ1n) is 9.95. The standard InChI is InChI=1S/C25H21N3O3S/c1-18-23(15-16-24(26-18)19-9-4-2-5-10-19)25(29)27-20-11-8-12-21(17-20)28-32(30,31)22-13-6-3-7-14-22/h2-17,28H,1H3,(H,27,29). The number of sulfonamides is 1. The van der Waals surface area contributed by atoms with Gasteiger partial charge in [0.2, 0.25) is 0 Å². The Morgan fingerprint density at radius 1 is 0.781 bits per heavy atom. The number of aromatic nitrogens is 1. The molecule has 6 nitrogen and oxygen atoms in total. The molecular formula is C25H21N3O3S. The molecule has 0 aliphatic carbocycles. The summed E-state index contributed by atoms with van der Waals surface area (Å²) in [5.74, 6) is -0.322. The Morgan fingerprint density at radius 3 is 2.12 bits per heavy atom. The van der Waals surface area contributed by atoms with Crippen LogP contribution in [-0.4, -0.2) is 19.3 Å². The summed E-state index contributed by atoms with van der Waals surface area (Å²) in [6.45, 7) is 1.78. The number of nitrogens with zero attached hydrogens (tertiary/aromatic N) is 1. The first-order chi connectivity index (χ1) is 15.4. The highest BCUT2D eigenvalue weighted by atomic mass is 32.2. The molecule has 0 aliphatic rings. The number of nitrogens with one attached hydrogen (secondary N) is 2. The average Bonchev–Trinajstić information content (AvgIpc) is 2.80. The molecule has 0 unspecified atom stereocenters. The maximum atomic E-state index is 12.8. The van der Waals surface area contributed by atoms with Crippen molar-refractivity contribution in [2.24, 2.45) is 0 Å². The molecule has 0 atom stereocenters. The van der Waals surface area contributed by atoms with Crippen LogP contribution in [0, 0.1) is 6.92 Å². The van der Waals surface area contributed by atoms with Crippen molar-refractivity contribution in [3.8, 4) is 11.3 Å². The summed E-state index contributed by atoms with van der Waals surface area (Å²) in [5.41, 5.74) is 3.62. The molecule has 7 heteroatoms. The predicted octanol–water partition coefficient (Wildman–Crippen LogP) is 5.11. The van der Waals surface area contributed by atoms with Gasteiger partial charge in [0.15, 0.2) is 0 Å². The summed E-state index contributed by atoms with van der Waals surface area (Å²) in [6.07, 6.45) is 0. The normalized spacial score (nSPS) is 11.0. The van der Waals surface area contributed by atoms with Crippen molar-refractivity contribution in [3.63, 3.8) is 0 Å². The van der Waals surface area contributed by atoms with Crippen molar-refractivity contribution in [2.75, 3.05) is 10.0 Å². The number of benzene rings is 3. The van der Waals surface area contributed by atoms with E-state index in [-0.39, 0.29) is 10.8 Å². The van der Waals surface area contributed by atoms with E-state index in [1.807, 2.05) is 36.4 Å². The summed E-state index contributed by atoms with van der Waals surface area (Å²) < 4.78 is 27.6. The summed E-state index contributed by atoms with van der Waals surface area (Å²) in [7, 11) is -3.72. The SMILES string of the molecule is Cc1nc(-c2ccccc2)ccc1C(=O)Nc1cccc(NS(=O)(=O)c2ccccc2)c1. The molecule has 0 aliphatic heterocycles. The second kappa shape index (κ2) is 9.03. The third-order valence-electron chi connectivity index (χ3n) is 4.83. The molecule has 4 aromatic rings. The summed E-state index contributed by atoms with van der Waals surface area (Å²) >= 11 is 0. The zero-order chi connectivity index (χ0) is 22.6. The molecule has 0 spiro atoms. The molecule has 0 fully saturated rings. The Balaban J connectivity index is 1.51. The lowest BCUT2D eigenvalue weighted by Gasteiger charge is -2.12. The number of hydrogen-bond acceptors (Lipinski definition) is 4. The monoisotopic (exact) mass is 443 g/mol. The molecule has 2 N–H and O–H groups in total. The Kier molecular flexibility index (Phi) is 6.00. The highest BCUT2D eigenvalue weighted by molar-refractivity contribution is 7.92. The highest BCUT2D eigenvalue weighted by Gasteiger charge is 2.15. The third-order valence-corrected chi connectivity index (χ3v) is 6.22. The fourth-order valence-electron chi connectivity index (χ4n) is 3.24. The van der Waals surface area contributed by atoms with E-state index in [1.165, 1.54) is 12.1 Å². The third kappa shape index (κ3) is 4.84. The van der Waals surface area contributed by atoms with Gasteiger partial charge < -0.3 is 5.32 Å². The van der Waals surface area contributed by atoms with E-state index in [9.17, 15) is 13.2 Å². The van der Waals surface area contributed by atoms with E-state index in [2.05, 4.69) is 15.0 Å².